The van der Waals surface area contributed by atoms with Gasteiger partial charge in [0.25, 0.3) is 0 Å². The Balaban J connectivity index is 2.44. The number of carboxylic acid groups (broad SMARTS) is 2. The standard InChI is InChI=1S/C15H17N3O5/c16-9(5-12(19)20)14(21)8-2-1-3-11-13(8)7(6-18-11)4-10(17)15(22)23/h1-3,6,9-10,18H,4-5,16-17H2,(H,19,20)(H,22,23)/t9-,10-/m0/s1. The van der Waals surface area contributed by atoms with Gasteiger partial charge in [-0.3, -0.25) is 14.4 Å². The Morgan fingerprint density at radius 1 is 1.13 bits per heavy atom. The van der Waals surface area contributed by atoms with Crippen molar-refractivity contribution < 1.29 is 24.6 Å². The molecule has 1 aromatic carbocycles. The largest absolute Gasteiger partial charge is 0.481 e. The lowest BCUT2D eigenvalue weighted by molar-refractivity contribution is -0.139. The lowest BCUT2D eigenvalue weighted by Crippen LogP contribution is -2.33. The molecule has 1 aromatic heterocycles. The van der Waals surface area contributed by atoms with Gasteiger partial charge in [-0.2, -0.15) is 0 Å². The summed E-state index contributed by atoms with van der Waals surface area (Å²) in [5, 5.41) is 18.2. The van der Waals surface area contributed by atoms with Gasteiger partial charge in [-0.1, -0.05) is 12.1 Å². The number of benzene rings is 1. The molecule has 0 bridgehead atoms. The molecule has 23 heavy (non-hydrogen) atoms. The van der Waals surface area contributed by atoms with E-state index in [1.165, 1.54) is 6.07 Å². The van der Waals surface area contributed by atoms with Gasteiger partial charge >= 0.3 is 11.9 Å². The summed E-state index contributed by atoms with van der Waals surface area (Å²) in [5.41, 5.74) is 12.7. The molecule has 7 N–H and O–H groups in total. The van der Waals surface area contributed by atoms with E-state index in [-0.39, 0.29) is 12.0 Å². The number of aliphatic carboxylic acids is 2. The van der Waals surface area contributed by atoms with E-state index in [1.54, 1.807) is 18.3 Å². The number of nitrogens with two attached hydrogens (primary N) is 2. The van der Waals surface area contributed by atoms with Crippen LogP contribution in [0, 0.1) is 0 Å². The van der Waals surface area contributed by atoms with Crippen LogP contribution in [0.2, 0.25) is 0 Å². The summed E-state index contributed by atoms with van der Waals surface area (Å²) in [4.78, 5) is 37.0. The van der Waals surface area contributed by atoms with Crippen LogP contribution in [0.25, 0.3) is 10.9 Å². The Morgan fingerprint density at radius 2 is 1.83 bits per heavy atom. The molecular formula is C15H17N3O5. The molecule has 0 aliphatic heterocycles. The number of rotatable bonds is 7. The molecule has 8 heteroatoms. The minimum absolute atomic E-state index is 0.0355. The first-order valence-corrected chi connectivity index (χ1v) is 6.90. The SMILES string of the molecule is N[C@@H](Cc1c[nH]c2cccc(C(=O)[C@@H](N)CC(=O)O)c12)C(=O)O. The Morgan fingerprint density at radius 3 is 2.43 bits per heavy atom. The maximum atomic E-state index is 12.4. The highest BCUT2D eigenvalue weighted by Crippen LogP contribution is 2.25. The third kappa shape index (κ3) is 3.55. The Hall–Kier alpha value is -2.71. The fourth-order valence-electron chi connectivity index (χ4n) is 2.43. The van der Waals surface area contributed by atoms with Crippen molar-refractivity contribution in [3.05, 3.63) is 35.5 Å². The second-order valence-corrected chi connectivity index (χ2v) is 5.26. The molecule has 0 unspecified atom stereocenters. The normalized spacial score (nSPS) is 13.7. The van der Waals surface area contributed by atoms with Gasteiger partial charge < -0.3 is 26.7 Å². The lowest BCUT2D eigenvalue weighted by atomic mass is 9.95. The molecule has 0 aliphatic rings. The summed E-state index contributed by atoms with van der Waals surface area (Å²) in [6.45, 7) is 0. The third-order valence-corrected chi connectivity index (χ3v) is 3.54. The van der Waals surface area contributed by atoms with Crippen LogP contribution in [0.3, 0.4) is 0 Å². The Bertz CT molecular complexity index is 768. The zero-order chi connectivity index (χ0) is 17.1. The smallest absolute Gasteiger partial charge is 0.320 e. The van der Waals surface area contributed by atoms with E-state index in [2.05, 4.69) is 4.98 Å². The third-order valence-electron chi connectivity index (χ3n) is 3.54. The summed E-state index contributed by atoms with van der Waals surface area (Å²) in [5.74, 6) is -2.83. The molecule has 0 amide bonds. The highest BCUT2D eigenvalue weighted by atomic mass is 16.4. The topological polar surface area (TPSA) is 160 Å². The van der Waals surface area contributed by atoms with Crippen LogP contribution < -0.4 is 11.5 Å². The van der Waals surface area contributed by atoms with Gasteiger partial charge in [-0.15, -0.1) is 0 Å². The zero-order valence-electron chi connectivity index (χ0n) is 12.2. The molecule has 8 nitrogen and oxygen atoms in total. The Labute approximate surface area is 131 Å². The molecule has 1 heterocycles. The van der Waals surface area contributed by atoms with Gasteiger partial charge in [0.05, 0.1) is 12.5 Å². The van der Waals surface area contributed by atoms with E-state index in [0.717, 1.165) is 0 Å². The van der Waals surface area contributed by atoms with E-state index < -0.39 is 36.2 Å². The minimum atomic E-state index is -1.17. The summed E-state index contributed by atoms with van der Waals surface area (Å²) < 4.78 is 0. The van der Waals surface area contributed by atoms with E-state index in [0.29, 0.717) is 16.5 Å². The molecular weight excluding hydrogens is 302 g/mol. The maximum absolute atomic E-state index is 12.4. The number of aromatic nitrogens is 1. The zero-order valence-corrected chi connectivity index (χ0v) is 12.2. The fraction of sp³-hybridized carbons (Fsp3) is 0.267. The first-order chi connectivity index (χ1) is 10.8. The quantitative estimate of drug-likeness (QED) is 0.452. The number of fused-ring (bicyclic) bond motifs is 1. The first kappa shape index (κ1) is 16.7. The highest BCUT2D eigenvalue weighted by molar-refractivity contribution is 6.11. The number of carbonyl (C=O) groups is 3. The van der Waals surface area contributed by atoms with Gasteiger partial charge in [-0.25, -0.2) is 0 Å². The van der Waals surface area contributed by atoms with Crippen LogP contribution in [-0.2, 0) is 16.0 Å². The molecule has 2 atom stereocenters. The molecule has 0 fully saturated rings. The van der Waals surface area contributed by atoms with Crippen molar-refractivity contribution in [1.29, 1.82) is 0 Å². The molecule has 2 aromatic rings. The maximum Gasteiger partial charge on any atom is 0.320 e. The molecule has 122 valence electrons. The second kappa shape index (κ2) is 6.59. The van der Waals surface area contributed by atoms with Crippen LogP contribution >= 0.6 is 0 Å². The van der Waals surface area contributed by atoms with Crippen molar-refractivity contribution in [2.45, 2.75) is 24.9 Å². The Kier molecular flexibility index (Phi) is 4.77. The second-order valence-electron chi connectivity index (χ2n) is 5.26. The summed E-state index contributed by atoms with van der Waals surface area (Å²) in [6, 6.07) is 2.63. The first-order valence-electron chi connectivity index (χ1n) is 6.90. The average molecular weight is 319 g/mol. The van der Waals surface area contributed by atoms with E-state index >= 15 is 0 Å². The molecule has 0 saturated heterocycles. The van der Waals surface area contributed by atoms with Crippen LogP contribution in [0.1, 0.15) is 22.3 Å². The minimum Gasteiger partial charge on any atom is -0.481 e. The van der Waals surface area contributed by atoms with Crippen LogP contribution in [-0.4, -0.2) is 45.0 Å². The van der Waals surface area contributed by atoms with Crippen LogP contribution in [0.5, 0.6) is 0 Å². The number of carbonyl (C=O) groups excluding carboxylic acids is 1. The number of H-pyrrole nitrogens is 1. The molecule has 0 saturated carbocycles. The van der Waals surface area contributed by atoms with E-state index in [9.17, 15) is 14.4 Å². The average Bonchev–Trinajstić information content (AvgIpc) is 2.88. The van der Waals surface area contributed by atoms with Crippen molar-refractivity contribution in [2.24, 2.45) is 11.5 Å². The van der Waals surface area contributed by atoms with Gasteiger partial charge in [0.15, 0.2) is 5.78 Å². The van der Waals surface area contributed by atoms with Crippen molar-refractivity contribution in [3.8, 4) is 0 Å². The fourth-order valence-corrected chi connectivity index (χ4v) is 2.43. The van der Waals surface area contributed by atoms with Gasteiger partial charge in [-0.05, 0) is 11.6 Å². The van der Waals surface area contributed by atoms with Crippen molar-refractivity contribution in [2.75, 3.05) is 0 Å². The van der Waals surface area contributed by atoms with E-state index in [1.807, 2.05) is 0 Å². The number of hydrogen-bond donors (Lipinski definition) is 5. The van der Waals surface area contributed by atoms with Crippen molar-refractivity contribution >= 4 is 28.6 Å². The van der Waals surface area contributed by atoms with Gasteiger partial charge in [0.1, 0.15) is 6.04 Å². The number of nitrogens with one attached hydrogen (secondary N) is 1. The van der Waals surface area contributed by atoms with E-state index in [4.69, 9.17) is 21.7 Å². The summed E-state index contributed by atoms with van der Waals surface area (Å²) >= 11 is 0. The van der Waals surface area contributed by atoms with Crippen LogP contribution in [0.15, 0.2) is 24.4 Å². The monoisotopic (exact) mass is 319 g/mol. The highest BCUT2D eigenvalue weighted by Gasteiger charge is 2.23. The predicted octanol–water partition coefficient (Wildman–Crippen LogP) is 0.107. The van der Waals surface area contributed by atoms with Crippen LogP contribution in [0.4, 0.5) is 0 Å². The number of aromatic amines is 1. The lowest BCUT2D eigenvalue weighted by Gasteiger charge is -2.11. The predicted molar refractivity (Wildman–Crippen MR) is 82.2 cm³/mol. The van der Waals surface area contributed by atoms with Gasteiger partial charge in [0.2, 0.25) is 0 Å². The molecule has 0 aliphatic carbocycles. The summed E-state index contributed by atoms with van der Waals surface area (Å²) in [6.07, 6.45) is 1.14. The number of ketones is 1. The van der Waals surface area contributed by atoms with Gasteiger partial charge in [0, 0.05) is 29.1 Å². The number of hydrogen-bond acceptors (Lipinski definition) is 5. The van der Waals surface area contributed by atoms with Crippen molar-refractivity contribution in [1.82, 2.24) is 4.98 Å². The number of Topliss-reactive ketones (excluding diaryl/α,β-unsaturated/α-hetero) is 1. The molecule has 0 spiro atoms. The summed E-state index contributed by atoms with van der Waals surface area (Å²) in [7, 11) is 0. The number of carboxylic acids is 2. The molecule has 0 radical (unpaired) electrons. The van der Waals surface area contributed by atoms with Crippen molar-refractivity contribution in [3.63, 3.8) is 0 Å². The molecule has 2 rings (SSSR count).